The Hall–Kier alpha value is -2.74. The molecule has 0 aliphatic rings. The van der Waals surface area contributed by atoms with Gasteiger partial charge < -0.3 is 15.6 Å². The zero-order valence-electron chi connectivity index (χ0n) is 12.0. The molecule has 1 aromatic carbocycles. The average molecular weight is 282 g/mol. The molecular weight excluding hydrogens is 264 g/mol. The summed E-state index contributed by atoms with van der Waals surface area (Å²) in [6.07, 6.45) is 2.70. The minimum atomic E-state index is -0.164. The molecule has 1 heterocycles. The normalized spacial score (nSPS) is 10.1. The maximum atomic E-state index is 12.2. The van der Waals surface area contributed by atoms with E-state index in [9.17, 15) is 4.79 Å². The first kappa shape index (κ1) is 14.7. The number of nitrogens with one attached hydrogen (secondary N) is 1. The maximum absolute atomic E-state index is 12.2. The van der Waals surface area contributed by atoms with Gasteiger partial charge in [-0.3, -0.25) is 4.79 Å². The van der Waals surface area contributed by atoms with Crippen molar-refractivity contribution in [3.8, 4) is 6.07 Å². The van der Waals surface area contributed by atoms with Gasteiger partial charge in [-0.2, -0.15) is 5.26 Å². The van der Waals surface area contributed by atoms with E-state index < -0.39 is 0 Å². The minimum Gasteiger partial charge on any atom is -0.397 e. The van der Waals surface area contributed by atoms with Gasteiger partial charge in [0.2, 0.25) is 0 Å². The van der Waals surface area contributed by atoms with Gasteiger partial charge in [-0.05, 0) is 30.2 Å². The number of benzene rings is 1. The van der Waals surface area contributed by atoms with E-state index in [0.29, 0.717) is 23.5 Å². The number of amides is 1. The van der Waals surface area contributed by atoms with E-state index in [1.807, 2.05) is 17.6 Å². The van der Waals surface area contributed by atoms with Crippen LogP contribution in [0.1, 0.15) is 35.0 Å². The van der Waals surface area contributed by atoms with Gasteiger partial charge >= 0.3 is 0 Å². The first-order valence-corrected chi connectivity index (χ1v) is 6.87. The van der Waals surface area contributed by atoms with Gasteiger partial charge in [0.25, 0.3) is 5.91 Å². The van der Waals surface area contributed by atoms with E-state index in [0.717, 1.165) is 18.5 Å². The minimum absolute atomic E-state index is 0.164. The van der Waals surface area contributed by atoms with Crippen molar-refractivity contribution in [2.24, 2.45) is 0 Å². The Balaban J connectivity index is 2.06. The molecule has 0 saturated heterocycles. The maximum Gasteiger partial charge on any atom is 0.268 e. The van der Waals surface area contributed by atoms with Gasteiger partial charge in [-0.25, -0.2) is 0 Å². The molecule has 0 aliphatic heterocycles. The second-order valence-corrected chi connectivity index (χ2v) is 4.85. The lowest BCUT2D eigenvalue weighted by atomic mass is 10.1. The number of nitrogen functional groups attached to an aromatic ring is 1. The SMILES string of the molecule is CCCn1cc(N)cc1C(=O)NCc1cccc(C#N)c1. The van der Waals surface area contributed by atoms with Crippen LogP contribution in [-0.4, -0.2) is 10.5 Å². The van der Waals surface area contributed by atoms with Crippen molar-refractivity contribution in [2.75, 3.05) is 5.73 Å². The van der Waals surface area contributed by atoms with E-state index in [4.69, 9.17) is 11.0 Å². The van der Waals surface area contributed by atoms with E-state index in [1.165, 1.54) is 0 Å². The highest BCUT2D eigenvalue weighted by Gasteiger charge is 2.12. The third kappa shape index (κ3) is 3.63. The second-order valence-electron chi connectivity index (χ2n) is 4.85. The molecule has 2 aromatic rings. The number of hydrogen-bond acceptors (Lipinski definition) is 3. The molecule has 0 atom stereocenters. The fraction of sp³-hybridized carbons (Fsp3) is 0.250. The van der Waals surface area contributed by atoms with E-state index in [1.54, 1.807) is 30.5 Å². The predicted octanol–water partition coefficient (Wildman–Crippen LogP) is 2.28. The molecule has 2 rings (SSSR count). The molecule has 0 aliphatic carbocycles. The van der Waals surface area contributed by atoms with Crippen LogP contribution in [0.15, 0.2) is 36.5 Å². The quantitative estimate of drug-likeness (QED) is 0.882. The molecule has 5 nitrogen and oxygen atoms in total. The van der Waals surface area contributed by atoms with Gasteiger partial charge in [-0.1, -0.05) is 19.1 Å². The summed E-state index contributed by atoms with van der Waals surface area (Å²) in [7, 11) is 0. The molecule has 5 heteroatoms. The van der Waals surface area contributed by atoms with Crippen LogP contribution >= 0.6 is 0 Å². The number of nitrogens with two attached hydrogens (primary N) is 1. The lowest BCUT2D eigenvalue weighted by Crippen LogP contribution is -2.25. The van der Waals surface area contributed by atoms with Crippen LogP contribution in [0.4, 0.5) is 5.69 Å². The van der Waals surface area contributed by atoms with Crippen molar-refractivity contribution >= 4 is 11.6 Å². The first-order chi connectivity index (χ1) is 10.1. The van der Waals surface area contributed by atoms with Crippen LogP contribution in [0.25, 0.3) is 0 Å². The summed E-state index contributed by atoms with van der Waals surface area (Å²) < 4.78 is 1.86. The molecular formula is C16H18N4O. The number of carbonyl (C=O) groups is 1. The van der Waals surface area contributed by atoms with Crippen LogP contribution in [0, 0.1) is 11.3 Å². The van der Waals surface area contributed by atoms with Crippen molar-refractivity contribution in [3.63, 3.8) is 0 Å². The smallest absolute Gasteiger partial charge is 0.268 e. The van der Waals surface area contributed by atoms with Gasteiger partial charge in [0.05, 0.1) is 17.3 Å². The Labute approximate surface area is 124 Å². The molecule has 1 aromatic heterocycles. The summed E-state index contributed by atoms with van der Waals surface area (Å²) in [5, 5.41) is 11.7. The number of anilines is 1. The van der Waals surface area contributed by atoms with E-state index in [-0.39, 0.29) is 5.91 Å². The summed E-state index contributed by atoms with van der Waals surface area (Å²) in [4.78, 5) is 12.2. The van der Waals surface area contributed by atoms with Gasteiger partial charge in [0.15, 0.2) is 0 Å². The van der Waals surface area contributed by atoms with E-state index >= 15 is 0 Å². The summed E-state index contributed by atoms with van der Waals surface area (Å²) in [5.41, 5.74) is 8.38. The lowest BCUT2D eigenvalue weighted by Gasteiger charge is -2.09. The highest BCUT2D eigenvalue weighted by Crippen LogP contribution is 2.12. The van der Waals surface area contributed by atoms with Crippen LogP contribution in [0.5, 0.6) is 0 Å². The summed E-state index contributed by atoms with van der Waals surface area (Å²) in [6.45, 7) is 3.18. The van der Waals surface area contributed by atoms with Crippen molar-refractivity contribution in [2.45, 2.75) is 26.4 Å². The molecule has 0 unspecified atom stereocenters. The van der Waals surface area contributed by atoms with Crippen LogP contribution in [-0.2, 0) is 13.1 Å². The molecule has 3 N–H and O–H groups in total. The standard InChI is InChI=1S/C16H18N4O/c1-2-6-20-11-14(18)8-15(20)16(21)19-10-13-5-3-4-12(7-13)9-17/h3-5,7-8,11H,2,6,10,18H2,1H3,(H,19,21). The van der Waals surface area contributed by atoms with Crippen LogP contribution in [0.3, 0.4) is 0 Å². The monoisotopic (exact) mass is 282 g/mol. The Bertz CT molecular complexity index is 682. The van der Waals surface area contributed by atoms with Crippen LogP contribution < -0.4 is 11.1 Å². The van der Waals surface area contributed by atoms with Crippen molar-refractivity contribution in [1.29, 1.82) is 5.26 Å². The Morgan fingerprint density at radius 1 is 1.43 bits per heavy atom. The third-order valence-corrected chi connectivity index (χ3v) is 3.12. The zero-order valence-corrected chi connectivity index (χ0v) is 12.0. The third-order valence-electron chi connectivity index (χ3n) is 3.12. The number of aromatic nitrogens is 1. The highest BCUT2D eigenvalue weighted by molar-refractivity contribution is 5.93. The number of aryl methyl sites for hydroxylation is 1. The lowest BCUT2D eigenvalue weighted by molar-refractivity contribution is 0.0941. The fourth-order valence-electron chi connectivity index (χ4n) is 2.17. The van der Waals surface area contributed by atoms with Gasteiger partial charge in [0, 0.05) is 19.3 Å². The summed E-state index contributed by atoms with van der Waals surface area (Å²) in [6, 6.07) is 10.9. The Morgan fingerprint density at radius 2 is 2.24 bits per heavy atom. The highest BCUT2D eigenvalue weighted by atomic mass is 16.1. The Morgan fingerprint density at radius 3 is 2.95 bits per heavy atom. The number of nitriles is 1. The summed E-state index contributed by atoms with van der Waals surface area (Å²) in [5.74, 6) is -0.164. The fourth-order valence-corrected chi connectivity index (χ4v) is 2.17. The zero-order chi connectivity index (χ0) is 15.2. The van der Waals surface area contributed by atoms with Gasteiger partial charge in [0.1, 0.15) is 5.69 Å². The first-order valence-electron chi connectivity index (χ1n) is 6.87. The average Bonchev–Trinajstić information content (AvgIpc) is 2.86. The van der Waals surface area contributed by atoms with Crippen molar-refractivity contribution in [1.82, 2.24) is 9.88 Å². The van der Waals surface area contributed by atoms with Crippen molar-refractivity contribution < 1.29 is 4.79 Å². The largest absolute Gasteiger partial charge is 0.397 e. The topological polar surface area (TPSA) is 83.8 Å². The second kappa shape index (κ2) is 6.62. The van der Waals surface area contributed by atoms with E-state index in [2.05, 4.69) is 11.4 Å². The molecule has 0 fully saturated rings. The molecule has 1 amide bonds. The predicted molar refractivity (Wildman–Crippen MR) is 81.5 cm³/mol. The molecule has 0 saturated carbocycles. The molecule has 0 bridgehead atoms. The Kier molecular flexibility index (Phi) is 4.62. The molecule has 108 valence electrons. The van der Waals surface area contributed by atoms with Gasteiger partial charge in [-0.15, -0.1) is 0 Å². The number of carbonyl (C=O) groups excluding carboxylic acids is 1. The molecule has 0 spiro atoms. The van der Waals surface area contributed by atoms with Crippen LogP contribution in [0.2, 0.25) is 0 Å². The molecule has 0 radical (unpaired) electrons. The number of nitrogens with zero attached hydrogens (tertiary/aromatic N) is 2. The number of hydrogen-bond donors (Lipinski definition) is 2. The number of rotatable bonds is 5. The summed E-state index contributed by atoms with van der Waals surface area (Å²) >= 11 is 0. The molecule has 21 heavy (non-hydrogen) atoms. The van der Waals surface area contributed by atoms with Crippen molar-refractivity contribution in [3.05, 3.63) is 53.3 Å².